The maximum absolute atomic E-state index is 13.5. The molecule has 2 heterocycles. The molecule has 5 rings (SSSR count). The van der Waals surface area contributed by atoms with Crippen molar-refractivity contribution in [3.05, 3.63) is 94.8 Å². The molecule has 0 saturated carbocycles. The van der Waals surface area contributed by atoms with Crippen LogP contribution in [0.4, 0.5) is 0 Å². The quantitative estimate of drug-likeness (QED) is 0.277. The Morgan fingerprint density at radius 1 is 1.13 bits per heavy atom. The normalized spacial score (nSPS) is 15.8. The third-order valence-corrected chi connectivity index (χ3v) is 7.10. The van der Waals surface area contributed by atoms with Gasteiger partial charge in [0.25, 0.3) is 5.91 Å². The van der Waals surface area contributed by atoms with E-state index in [2.05, 4.69) is 27.3 Å². The second-order valence-corrected chi connectivity index (χ2v) is 9.70. The van der Waals surface area contributed by atoms with E-state index < -0.39 is 0 Å². The standard InChI is InChI=1S/C31H30N4O3/c1-4-23-13-24(15-25(14-23)20-36)18-33-11-12-35(22(2)17-33)31(37)26-9-10-29-28(16-26)32-21-34(29)19-27-7-5-6-8-30(27)38-3/h1,5-10,13-16,20-22H,11-12,17-19H2,2-3H3/t22-/m0/s1. The van der Waals surface area contributed by atoms with Gasteiger partial charge in [0.1, 0.15) is 12.0 Å². The first-order valence-corrected chi connectivity index (χ1v) is 12.6. The summed E-state index contributed by atoms with van der Waals surface area (Å²) in [4.78, 5) is 33.5. The van der Waals surface area contributed by atoms with Crippen LogP contribution in [-0.4, -0.2) is 64.3 Å². The number of carbonyl (C=O) groups is 2. The molecular formula is C31H30N4O3. The van der Waals surface area contributed by atoms with Crippen molar-refractivity contribution in [1.82, 2.24) is 19.4 Å². The Bertz CT molecular complexity index is 1530. The molecule has 0 N–H and O–H groups in total. The van der Waals surface area contributed by atoms with Crippen molar-refractivity contribution in [3.8, 4) is 18.1 Å². The summed E-state index contributed by atoms with van der Waals surface area (Å²) in [5.41, 5.74) is 5.74. The van der Waals surface area contributed by atoms with Crippen LogP contribution in [0.1, 0.15) is 44.3 Å². The molecule has 0 unspecified atom stereocenters. The molecule has 1 amide bonds. The maximum Gasteiger partial charge on any atom is 0.254 e. The summed E-state index contributed by atoms with van der Waals surface area (Å²) in [6.07, 6.45) is 8.18. The number of para-hydroxylation sites is 1. The number of hydrogen-bond acceptors (Lipinski definition) is 5. The summed E-state index contributed by atoms with van der Waals surface area (Å²) in [7, 11) is 1.67. The van der Waals surface area contributed by atoms with E-state index in [1.165, 1.54) is 0 Å². The predicted octanol–water partition coefficient (Wildman–Crippen LogP) is 4.23. The second kappa shape index (κ2) is 10.9. The Hall–Kier alpha value is -4.41. The molecule has 0 aliphatic carbocycles. The summed E-state index contributed by atoms with van der Waals surface area (Å²) in [5.74, 6) is 3.46. The van der Waals surface area contributed by atoms with Gasteiger partial charge in [-0.3, -0.25) is 14.5 Å². The van der Waals surface area contributed by atoms with Crippen molar-refractivity contribution in [2.45, 2.75) is 26.1 Å². The first kappa shape index (κ1) is 25.2. The molecule has 1 atom stereocenters. The van der Waals surface area contributed by atoms with Crippen LogP contribution in [0, 0.1) is 12.3 Å². The van der Waals surface area contributed by atoms with Gasteiger partial charge in [-0.2, -0.15) is 0 Å². The molecule has 1 aliphatic heterocycles. The van der Waals surface area contributed by atoms with Gasteiger partial charge in [0.15, 0.2) is 0 Å². The van der Waals surface area contributed by atoms with Crippen LogP contribution in [0.3, 0.4) is 0 Å². The summed E-state index contributed by atoms with van der Waals surface area (Å²) >= 11 is 0. The van der Waals surface area contributed by atoms with E-state index in [1.807, 2.05) is 59.5 Å². The van der Waals surface area contributed by atoms with Crippen molar-refractivity contribution in [2.24, 2.45) is 0 Å². The van der Waals surface area contributed by atoms with Gasteiger partial charge in [0.05, 0.1) is 31.0 Å². The van der Waals surface area contributed by atoms with Crippen LogP contribution in [0.15, 0.2) is 67.0 Å². The van der Waals surface area contributed by atoms with Crippen molar-refractivity contribution in [1.29, 1.82) is 0 Å². The van der Waals surface area contributed by atoms with Crippen molar-refractivity contribution < 1.29 is 14.3 Å². The fourth-order valence-corrected chi connectivity index (χ4v) is 5.20. The van der Waals surface area contributed by atoms with Gasteiger partial charge in [-0.15, -0.1) is 6.42 Å². The molecule has 192 valence electrons. The fraction of sp³-hybridized carbons (Fsp3) is 0.258. The van der Waals surface area contributed by atoms with E-state index in [1.54, 1.807) is 19.5 Å². The first-order chi connectivity index (χ1) is 18.5. The van der Waals surface area contributed by atoms with Crippen LogP contribution in [0.2, 0.25) is 0 Å². The Balaban J connectivity index is 1.27. The van der Waals surface area contributed by atoms with Crippen LogP contribution in [-0.2, 0) is 13.1 Å². The van der Waals surface area contributed by atoms with E-state index in [4.69, 9.17) is 11.2 Å². The lowest BCUT2D eigenvalue weighted by Crippen LogP contribution is -2.53. The van der Waals surface area contributed by atoms with Crippen molar-refractivity contribution in [2.75, 3.05) is 26.7 Å². The third-order valence-electron chi connectivity index (χ3n) is 7.10. The number of nitrogens with zero attached hydrogens (tertiary/aromatic N) is 4. The van der Waals surface area contributed by atoms with E-state index in [0.717, 1.165) is 47.3 Å². The van der Waals surface area contributed by atoms with Gasteiger partial charge in [-0.25, -0.2) is 4.98 Å². The van der Waals surface area contributed by atoms with Crippen LogP contribution in [0.25, 0.3) is 11.0 Å². The lowest BCUT2D eigenvalue weighted by atomic mass is 10.0. The molecule has 7 nitrogen and oxygen atoms in total. The molecule has 38 heavy (non-hydrogen) atoms. The molecule has 0 spiro atoms. The van der Waals surface area contributed by atoms with Gasteiger partial charge in [-0.05, 0) is 55.0 Å². The minimum atomic E-state index is 0.0101. The van der Waals surface area contributed by atoms with Crippen molar-refractivity contribution >= 4 is 23.2 Å². The van der Waals surface area contributed by atoms with Crippen LogP contribution in [0.5, 0.6) is 5.75 Å². The van der Waals surface area contributed by atoms with Gasteiger partial charge < -0.3 is 14.2 Å². The number of carbonyl (C=O) groups excluding carboxylic acids is 2. The average molecular weight is 507 g/mol. The number of piperazine rings is 1. The molecule has 1 saturated heterocycles. The Kier molecular flexibility index (Phi) is 7.25. The minimum Gasteiger partial charge on any atom is -0.496 e. The second-order valence-electron chi connectivity index (χ2n) is 9.70. The van der Waals surface area contributed by atoms with Crippen LogP contribution >= 0.6 is 0 Å². The number of amides is 1. The van der Waals surface area contributed by atoms with Crippen molar-refractivity contribution in [3.63, 3.8) is 0 Å². The van der Waals surface area contributed by atoms with Gasteiger partial charge >= 0.3 is 0 Å². The number of aromatic nitrogens is 2. The summed E-state index contributed by atoms with van der Waals surface area (Å²) in [6.45, 7) is 5.47. The van der Waals surface area contributed by atoms with E-state index in [9.17, 15) is 9.59 Å². The number of aldehydes is 1. The number of ether oxygens (including phenoxy) is 1. The zero-order valence-electron chi connectivity index (χ0n) is 21.6. The first-order valence-electron chi connectivity index (χ1n) is 12.6. The van der Waals surface area contributed by atoms with Gasteiger partial charge in [0, 0.05) is 54.5 Å². The number of terminal acetylenes is 1. The molecule has 1 aromatic heterocycles. The summed E-state index contributed by atoms with van der Waals surface area (Å²) < 4.78 is 7.55. The third kappa shape index (κ3) is 5.17. The molecule has 0 radical (unpaired) electrons. The topological polar surface area (TPSA) is 67.7 Å². The monoisotopic (exact) mass is 506 g/mol. The van der Waals surface area contributed by atoms with E-state index >= 15 is 0 Å². The molecule has 3 aromatic carbocycles. The highest BCUT2D eigenvalue weighted by molar-refractivity contribution is 5.97. The highest BCUT2D eigenvalue weighted by Crippen LogP contribution is 2.23. The molecule has 1 aliphatic rings. The number of benzene rings is 3. The maximum atomic E-state index is 13.5. The Morgan fingerprint density at radius 3 is 2.74 bits per heavy atom. The SMILES string of the molecule is C#Cc1cc(C=O)cc(CN2CCN(C(=O)c3ccc4c(c3)ncn4Cc3ccccc3OC)[C@@H](C)C2)c1. The smallest absolute Gasteiger partial charge is 0.254 e. The molecule has 4 aromatic rings. The fourth-order valence-electron chi connectivity index (χ4n) is 5.20. The van der Waals surface area contributed by atoms with Gasteiger partial charge in [0.2, 0.25) is 0 Å². The number of rotatable bonds is 7. The van der Waals surface area contributed by atoms with Crippen LogP contribution < -0.4 is 4.74 Å². The van der Waals surface area contributed by atoms with E-state index in [0.29, 0.717) is 36.3 Å². The zero-order valence-corrected chi connectivity index (χ0v) is 21.6. The van der Waals surface area contributed by atoms with Gasteiger partial charge in [-0.1, -0.05) is 24.1 Å². The summed E-state index contributed by atoms with van der Waals surface area (Å²) in [5, 5.41) is 0. The molecular weight excluding hydrogens is 476 g/mol. The number of hydrogen-bond donors (Lipinski definition) is 0. The lowest BCUT2D eigenvalue weighted by molar-refractivity contribution is 0.0475. The van der Waals surface area contributed by atoms with E-state index in [-0.39, 0.29) is 11.9 Å². The predicted molar refractivity (Wildman–Crippen MR) is 147 cm³/mol. The molecule has 1 fully saturated rings. The zero-order chi connectivity index (χ0) is 26.6. The highest BCUT2D eigenvalue weighted by Gasteiger charge is 2.28. The average Bonchev–Trinajstić information content (AvgIpc) is 3.34. The number of fused-ring (bicyclic) bond motifs is 1. The lowest BCUT2D eigenvalue weighted by Gasteiger charge is -2.40. The minimum absolute atomic E-state index is 0.0101. The largest absolute Gasteiger partial charge is 0.496 e. The molecule has 7 heteroatoms. The number of methoxy groups -OCH3 is 1. The Morgan fingerprint density at radius 2 is 1.97 bits per heavy atom. The Labute approximate surface area is 222 Å². The molecule has 0 bridgehead atoms. The summed E-state index contributed by atoms with van der Waals surface area (Å²) in [6, 6.07) is 19.2. The highest BCUT2D eigenvalue weighted by atomic mass is 16.5. The number of imidazole rings is 1.